The average Bonchev–Trinajstić information content (AvgIpc) is 3.39. The van der Waals surface area contributed by atoms with Crippen molar-refractivity contribution in [2.45, 2.75) is 12.1 Å². The fourth-order valence-electron chi connectivity index (χ4n) is 2.81. The summed E-state index contributed by atoms with van der Waals surface area (Å²) in [6.07, 6.45) is 1.32. The lowest BCUT2D eigenvalue weighted by molar-refractivity contribution is -0.384. The summed E-state index contributed by atoms with van der Waals surface area (Å²) in [5.41, 5.74) is 4.89. The molecule has 1 N–H and O–H groups in total. The number of aryl methyl sites for hydroxylation is 1. The largest absolute Gasteiger partial charge is 0.455 e. The number of hydrogen-bond donors (Lipinski definition) is 1. The second-order valence-corrected chi connectivity index (χ2v) is 7.44. The number of amides is 1. The van der Waals surface area contributed by atoms with Crippen LogP contribution in [0.1, 0.15) is 11.3 Å². The Hall–Kier alpha value is -3.92. The molecule has 156 valence electrons. The fourth-order valence-corrected chi connectivity index (χ4v) is 3.44. The number of para-hydroxylation sites is 2. The summed E-state index contributed by atoms with van der Waals surface area (Å²) >= 11 is 1.16. The molecule has 0 fully saturated rings. The van der Waals surface area contributed by atoms with E-state index >= 15 is 0 Å². The molecular weight excluding hydrogens is 420 g/mol. The van der Waals surface area contributed by atoms with Crippen molar-refractivity contribution in [3.63, 3.8) is 0 Å². The molecule has 10 heteroatoms. The van der Waals surface area contributed by atoms with Gasteiger partial charge in [0.25, 0.3) is 16.8 Å². The number of oxazole rings is 1. The van der Waals surface area contributed by atoms with Gasteiger partial charge in [0.1, 0.15) is 17.0 Å². The summed E-state index contributed by atoms with van der Waals surface area (Å²) in [6.45, 7) is 1.78. The summed E-state index contributed by atoms with van der Waals surface area (Å²) in [5, 5.41) is 15.6. The van der Waals surface area contributed by atoms with Gasteiger partial charge >= 0.3 is 0 Å². The monoisotopic (exact) mass is 436 g/mol. The number of rotatable bonds is 7. The molecule has 0 saturated heterocycles. The van der Waals surface area contributed by atoms with E-state index < -0.39 is 4.92 Å². The molecule has 2 aromatic carbocycles. The molecule has 31 heavy (non-hydrogen) atoms. The molecule has 4 rings (SSSR count). The van der Waals surface area contributed by atoms with E-state index in [1.54, 1.807) is 37.3 Å². The first-order valence-corrected chi connectivity index (χ1v) is 10.1. The Morgan fingerprint density at radius 2 is 2.06 bits per heavy atom. The SMILES string of the molecule is Cc1ccc(-c2ccc(/C=N\NC(=O)CSc3nc4ccccc4o3)o2)c([N+](=O)[O-])c1. The molecule has 0 aliphatic heterocycles. The van der Waals surface area contributed by atoms with E-state index in [1.165, 1.54) is 12.3 Å². The van der Waals surface area contributed by atoms with Gasteiger partial charge in [-0.2, -0.15) is 5.10 Å². The highest BCUT2D eigenvalue weighted by atomic mass is 32.2. The highest BCUT2D eigenvalue weighted by molar-refractivity contribution is 7.99. The lowest BCUT2D eigenvalue weighted by atomic mass is 10.1. The Morgan fingerprint density at radius 1 is 1.23 bits per heavy atom. The molecule has 0 spiro atoms. The number of nitrogens with one attached hydrogen (secondary N) is 1. The lowest BCUT2D eigenvalue weighted by Crippen LogP contribution is -2.19. The van der Waals surface area contributed by atoms with Gasteiger partial charge in [-0.3, -0.25) is 14.9 Å². The molecule has 0 atom stereocenters. The smallest absolute Gasteiger partial charge is 0.280 e. The van der Waals surface area contributed by atoms with Gasteiger partial charge in [0.05, 0.1) is 22.5 Å². The second kappa shape index (κ2) is 8.84. The fraction of sp³-hybridized carbons (Fsp3) is 0.0952. The highest BCUT2D eigenvalue weighted by Crippen LogP contribution is 2.31. The van der Waals surface area contributed by atoms with E-state index in [9.17, 15) is 14.9 Å². The molecular formula is C21H16N4O5S. The Bertz CT molecular complexity index is 1260. The summed E-state index contributed by atoms with van der Waals surface area (Å²) < 4.78 is 11.2. The summed E-state index contributed by atoms with van der Waals surface area (Å²) in [7, 11) is 0. The van der Waals surface area contributed by atoms with Gasteiger partial charge in [-0.15, -0.1) is 0 Å². The van der Waals surface area contributed by atoms with E-state index in [2.05, 4.69) is 15.5 Å². The minimum absolute atomic E-state index is 0.0395. The second-order valence-electron chi connectivity index (χ2n) is 6.51. The van der Waals surface area contributed by atoms with Crippen molar-refractivity contribution >= 4 is 40.7 Å². The maximum Gasteiger partial charge on any atom is 0.280 e. The molecule has 2 aromatic heterocycles. The number of benzene rings is 2. The Morgan fingerprint density at radius 3 is 2.87 bits per heavy atom. The molecule has 0 radical (unpaired) electrons. The normalized spacial score (nSPS) is 11.3. The number of hydrogen-bond acceptors (Lipinski definition) is 8. The van der Waals surface area contributed by atoms with Crippen molar-refractivity contribution in [3.05, 3.63) is 76.0 Å². The highest BCUT2D eigenvalue weighted by Gasteiger charge is 2.18. The van der Waals surface area contributed by atoms with Crippen LogP contribution in [0.3, 0.4) is 0 Å². The maximum absolute atomic E-state index is 12.0. The van der Waals surface area contributed by atoms with Crippen molar-refractivity contribution in [1.29, 1.82) is 0 Å². The summed E-state index contributed by atoms with van der Waals surface area (Å²) in [4.78, 5) is 27.1. The third-order valence-corrected chi connectivity index (χ3v) is 5.05. The van der Waals surface area contributed by atoms with Crippen molar-refractivity contribution in [2.24, 2.45) is 5.10 Å². The van der Waals surface area contributed by atoms with Crippen LogP contribution in [0.2, 0.25) is 0 Å². The molecule has 0 aliphatic carbocycles. The summed E-state index contributed by atoms with van der Waals surface area (Å²) in [5.74, 6) is 0.413. The zero-order chi connectivity index (χ0) is 21.8. The lowest BCUT2D eigenvalue weighted by Gasteiger charge is -2.01. The topological polar surface area (TPSA) is 124 Å². The van der Waals surface area contributed by atoms with Crippen LogP contribution in [0.5, 0.6) is 0 Å². The van der Waals surface area contributed by atoms with Crippen molar-refractivity contribution in [2.75, 3.05) is 5.75 Å². The van der Waals surface area contributed by atoms with E-state index in [-0.39, 0.29) is 17.3 Å². The number of carbonyl (C=O) groups is 1. The van der Waals surface area contributed by atoms with Crippen LogP contribution in [0.25, 0.3) is 22.4 Å². The predicted molar refractivity (Wildman–Crippen MR) is 116 cm³/mol. The van der Waals surface area contributed by atoms with Crippen LogP contribution in [-0.2, 0) is 4.79 Å². The maximum atomic E-state index is 12.0. The standard InChI is InChI=1S/C21H16N4O5S/c1-13-6-8-15(17(10-13)25(27)28)18-9-7-14(29-18)11-22-24-20(26)12-31-21-23-16-4-2-3-5-19(16)30-21/h2-11H,12H2,1H3,(H,24,26)/b22-11-. The predicted octanol–water partition coefficient (Wildman–Crippen LogP) is 4.55. The third kappa shape index (κ3) is 4.81. The first kappa shape index (κ1) is 20.4. The van der Waals surface area contributed by atoms with Crippen molar-refractivity contribution < 1.29 is 18.6 Å². The number of nitro benzene ring substituents is 1. The van der Waals surface area contributed by atoms with Gasteiger partial charge in [-0.05, 0) is 42.8 Å². The third-order valence-electron chi connectivity index (χ3n) is 4.22. The zero-order valence-corrected chi connectivity index (χ0v) is 17.1. The van der Waals surface area contributed by atoms with Crippen LogP contribution in [0.15, 0.2) is 73.8 Å². The van der Waals surface area contributed by atoms with Crippen LogP contribution < -0.4 is 5.43 Å². The van der Waals surface area contributed by atoms with Gasteiger partial charge in [-0.25, -0.2) is 10.4 Å². The molecule has 0 saturated carbocycles. The van der Waals surface area contributed by atoms with Crippen molar-refractivity contribution in [3.8, 4) is 11.3 Å². The van der Waals surface area contributed by atoms with Gasteiger partial charge < -0.3 is 8.83 Å². The first-order valence-electron chi connectivity index (χ1n) is 9.15. The van der Waals surface area contributed by atoms with Gasteiger partial charge in [0, 0.05) is 6.07 Å². The van der Waals surface area contributed by atoms with E-state index in [4.69, 9.17) is 8.83 Å². The average molecular weight is 436 g/mol. The van der Waals surface area contributed by atoms with Crippen LogP contribution in [-0.4, -0.2) is 27.8 Å². The molecule has 0 unspecified atom stereocenters. The minimum Gasteiger partial charge on any atom is -0.455 e. The van der Waals surface area contributed by atoms with Gasteiger partial charge in [-0.1, -0.05) is 30.0 Å². The molecule has 2 heterocycles. The Labute approximate surface area is 180 Å². The molecule has 0 aliphatic rings. The minimum atomic E-state index is -0.451. The number of nitrogens with zero attached hydrogens (tertiary/aromatic N) is 3. The summed E-state index contributed by atoms with van der Waals surface area (Å²) in [6, 6.07) is 15.5. The van der Waals surface area contributed by atoms with Crippen LogP contribution in [0, 0.1) is 17.0 Å². The number of nitro groups is 1. The number of aromatic nitrogens is 1. The van der Waals surface area contributed by atoms with Crippen LogP contribution >= 0.6 is 11.8 Å². The number of hydrazone groups is 1. The Balaban J connectivity index is 1.35. The first-order chi connectivity index (χ1) is 15.0. The van der Waals surface area contributed by atoms with Gasteiger partial charge in [0.15, 0.2) is 5.58 Å². The number of furan rings is 1. The number of carbonyl (C=O) groups excluding carboxylic acids is 1. The molecule has 9 nitrogen and oxygen atoms in total. The van der Waals surface area contributed by atoms with Gasteiger partial charge in [0.2, 0.25) is 0 Å². The van der Waals surface area contributed by atoms with E-state index in [0.717, 1.165) is 22.8 Å². The number of thioether (sulfide) groups is 1. The zero-order valence-electron chi connectivity index (χ0n) is 16.3. The Kier molecular flexibility index (Phi) is 5.80. The quantitative estimate of drug-likeness (QED) is 0.195. The van der Waals surface area contributed by atoms with E-state index in [1.807, 2.05) is 18.2 Å². The van der Waals surface area contributed by atoms with Crippen molar-refractivity contribution in [1.82, 2.24) is 10.4 Å². The number of fused-ring (bicyclic) bond motifs is 1. The van der Waals surface area contributed by atoms with E-state index in [0.29, 0.717) is 27.9 Å². The van der Waals surface area contributed by atoms with Crippen LogP contribution in [0.4, 0.5) is 5.69 Å². The molecule has 1 amide bonds. The molecule has 0 bridgehead atoms. The molecule has 4 aromatic rings.